The van der Waals surface area contributed by atoms with E-state index < -0.39 is 0 Å². The zero-order valence-corrected chi connectivity index (χ0v) is 12.5. The van der Waals surface area contributed by atoms with Gasteiger partial charge in [0.2, 0.25) is 0 Å². The van der Waals surface area contributed by atoms with Gasteiger partial charge in [-0.2, -0.15) is 0 Å². The molecule has 0 heterocycles. The normalized spacial score (nSPS) is 16.1. The van der Waals surface area contributed by atoms with Gasteiger partial charge in [-0.3, -0.25) is 4.79 Å². The zero-order valence-electron chi connectivity index (χ0n) is 12.5. The molecular formula is C17H25NO2. The number of hydrogen-bond donors (Lipinski definition) is 1. The largest absolute Gasteiger partial charge is 0.483 e. The highest BCUT2D eigenvalue weighted by Crippen LogP contribution is 2.25. The predicted octanol–water partition coefficient (Wildman–Crippen LogP) is 3.64. The molecule has 1 aromatic rings. The Morgan fingerprint density at radius 3 is 2.65 bits per heavy atom. The second-order valence-electron chi connectivity index (χ2n) is 5.88. The Balaban J connectivity index is 1.83. The number of nitrogens with one attached hydrogen (secondary N) is 1. The molecule has 20 heavy (non-hydrogen) atoms. The van der Waals surface area contributed by atoms with Crippen LogP contribution in [-0.4, -0.2) is 18.6 Å². The van der Waals surface area contributed by atoms with E-state index in [1.165, 1.54) is 19.3 Å². The molecule has 110 valence electrons. The van der Waals surface area contributed by atoms with Gasteiger partial charge in [0.1, 0.15) is 5.75 Å². The van der Waals surface area contributed by atoms with E-state index in [4.69, 9.17) is 4.74 Å². The van der Waals surface area contributed by atoms with Crippen molar-refractivity contribution in [2.45, 2.75) is 57.9 Å². The van der Waals surface area contributed by atoms with Gasteiger partial charge in [0, 0.05) is 6.04 Å². The summed E-state index contributed by atoms with van der Waals surface area (Å²) < 4.78 is 5.69. The molecule has 1 amide bonds. The van der Waals surface area contributed by atoms with Crippen molar-refractivity contribution in [3.63, 3.8) is 0 Å². The van der Waals surface area contributed by atoms with Crippen molar-refractivity contribution >= 4 is 5.91 Å². The van der Waals surface area contributed by atoms with Crippen LogP contribution in [0.2, 0.25) is 0 Å². The van der Waals surface area contributed by atoms with Crippen molar-refractivity contribution in [3.05, 3.63) is 29.8 Å². The average Bonchev–Trinajstić information content (AvgIpc) is 2.46. The lowest BCUT2D eigenvalue weighted by Crippen LogP contribution is -2.39. The highest BCUT2D eigenvalue weighted by Gasteiger charge is 2.16. The third-order valence-corrected chi connectivity index (χ3v) is 3.87. The molecule has 0 atom stereocenters. The molecule has 0 radical (unpaired) electrons. The van der Waals surface area contributed by atoms with Gasteiger partial charge in [-0.1, -0.05) is 51.3 Å². The Hall–Kier alpha value is -1.51. The van der Waals surface area contributed by atoms with E-state index >= 15 is 0 Å². The minimum Gasteiger partial charge on any atom is -0.483 e. The van der Waals surface area contributed by atoms with Crippen LogP contribution in [0, 0.1) is 0 Å². The van der Waals surface area contributed by atoms with Crippen LogP contribution in [0.3, 0.4) is 0 Å². The lowest BCUT2D eigenvalue weighted by molar-refractivity contribution is -0.124. The van der Waals surface area contributed by atoms with Gasteiger partial charge >= 0.3 is 0 Å². The number of amides is 1. The van der Waals surface area contributed by atoms with Gasteiger partial charge in [0.05, 0.1) is 0 Å². The maximum absolute atomic E-state index is 11.9. The van der Waals surface area contributed by atoms with E-state index in [1.54, 1.807) is 0 Å². The fourth-order valence-corrected chi connectivity index (χ4v) is 2.75. The van der Waals surface area contributed by atoms with Crippen molar-refractivity contribution in [2.75, 3.05) is 6.61 Å². The van der Waals surface area contributed by atoms with E-state index in [2.05, 4.69) is 25.2 Å². The molecular weight excluding hydrogens is 250 g/mol. The fourth-order valence-electron chi connectivity index (χ4n) is 2.75. The van der Waals surface area contributed by atoms with Gasteiger partial charge < -0.3 is 10.1 Å². The molecule has 0 bridgehead atoms. The Morgan fingerprint density at radius 1 is 1.25 bits per heavy atom. The van der Waals surface area contributed by atoms with Crippen molar-refractivity contribution in [1.82, 2.24) is 5.32 Å². The molecule has 0 aliphatic heterocycles. The quantitative estimate of drug-likeness (QED) is 0.891. The molecule has 3 heteroatoms. The average molecular weight is 275 g/mol. The molecule has 1 aliphatic carbocycles. The van der Waals surface area contributed by atoms with Crippen molar-refractivity contribution in [3.8, 4) is 5.75 Å². The molecule has 1 aromatic carbocycles. The number of ether oxygens (including phenoxy) is 1. The molecule has 1 N–H and O–H groups in total. The fraction of sp³-hybridized carbons (Fsp3) is 0.588. The summed E-state index contributed by atoms with van der Waals surface area (Å²) in [5.41, 5.74) is 1.15. The number of benzene rings is 1. The van der Waals surface area contributed by atoms with Crippen molar-refractivity contribution in [2.24, 2.45) is 0 Å². The van der Waals surface area contributed by atoms with Crippen LogP contribution in [0.1, 0.15) is 57.4 Å². The third kappa shape index (κ3) is 4.26. The van der Waals surface area contributed by atoms with Gasteiger partial charge in [-0.15, -0.1) is 0 Å². The second kappa shape index (κ2) is 7.32. The molecule has 0 aromatic heterocycles. The summed E-state index contributed by atoms with van der Waals surface area (Å²) in [7, 11) is 0. The highest BCUT2D eigenvalue weighted by atomic mass is 16.5. The van der Waals surface area contributed by atoms with Crippen LogP contribution >= 0.6 is 0 Å². The molecule has 1 saturated carbocycles. The van der Waals surface area contributed by atoms with Gasteiger partial charge in [-0.25, -0.2) is 0 Å². The highest BCUT2D eigenvalue weighted by molar-refractivity contribution is 5.77. The smallest absolute Gasteiger partial charge is 0.258 e. The van der Waals surface area contributed by atoms with Crippen LogP contribution < -0.4 is 10.1 Å². The molecule has 0 spiro atoms. The summed E-state index contributed by atoms with van der Waals surface area (Å²) in [6.45, 7) is 4.37. The van der Waals surface area contributed by atoms with Gasteiger partial charge in [0.25, 0.3) is 5.91 Å². The lowest BCUT2D eigenvalue weighted by atomic mass is 9.95. The third-order valence-electron chi connectivity index (χ3n) is 3.87. The zero-order chi connectivity index (χ0) is 14.4. The minimum atomic E-state index is -0.00420. The van der Waals surface area contributed by atoms with Gasteiger partial charge in [-0.05, 0) is 30.4 Å². The Kier molecular flexibility index (Phi) is 5.45. The Morgan fingerprint density at radius 2 is 1.95 bits per heavy atom. The molecule has 0 unspecified atom stereocenters. The first kappa shape index (κ1) is 14.9. The molecule has 1 aliphatic rings. The molecule has 3 nitrogen and oxygen atoms in total. The number of para-hydroxylation sites is 1. The van der Waals surface area contributed by atoms with E-state index in [0.29, 0.717) is 12.0 Å². The standard InChI is InChI=1S/C17H25NO2/c1-13(2)15-10-6-7-11-16(15)20-12-17(19)18-14-8-4-3-5-9-14/h6-7,10-11,13-14H,3-5,8-9,12H2,1-2H3,(H,18,19). The molecule has 0 saturated heterocycles. The molecule has 1 fully saturated rings. The SMILES string of the molecule is CC(C)c1ccccc1OCC(=O)NC1CCCCC1. The van der Waals surface area contributed by atoms with Crippen LogP contribution in [0.25, 0.3) is 0 Å². The Bertz CT molecular complexity index is 436. The first-order chi connectivity index (χ1) is 9.66. The van der Waals surface area contributed by atoms with Crippen LogP contribution in [-0.2, 0) is 4.79 Å². The van der Waals surface area contributed by atoms with E-state index in [1.807, 2.05) is 18.2 Å². The second-order valence-corrected chi connectivity index (χ2v) is 5.88. The lowest BCUT2D eigenvalue weighted by Gasteiger charge is -2.23. The van der Waals surface area contributed by atoms with E-state index in [9.17, 15) is 4.79 Å². The van der Waals surface area contributed by atoms with E-state index in [0.717, 1.165) is 24.2 Å². The van der Waals surface area contributed by atoms with Crippen molar-refractivity contribution < 1.29 is 9.53 Å². The van der Waals surface area contributed by atoms with Crippen LogP contribution in [0.15, 0.2) is 24.3 Å². The maximum Gasteiger partial charge on any atom is 0.258 e. The summed E-state index contributed by atoms with van der Waals surface area (Å²) in [6.07, 6.45) is 5.96. The van der Waals surface area contributed by atoms with Crippen molar-refractivity contribution in [1.29, 1.82) is 0 Å². The van der Waals surface area contributed by atoms with Crippen LogP contribution in [0.5, 0.6) is 5.75 Å². The topological polar surface area (TPSA) is 38.3 Å². The first-order valence-electron chi connectivity index (χ1n) is 7.68. The number of carbonyl (C=O) groups is 1. The summed E-state index contributed by atoms with van der Waals surface area (Å²) >= 11 is 0. The maximum atomic E-state index is 11.9. The summed E-state index contributed by atoms with van der Waals surface area (Å²) in [4.78, 5) is 11.9. The van der Waals surface area contributed by atoms with Gasteiger partial charge in [0.15, 0.2) is 6.61 Å². The van der Waals surface area contributed by atoms with Crippen LogP contribution in [0.4, 0.5) is 0 Å². The van der Waals surface area contributed by atoms with E-state index in [-0.39, 0.29) is 12.5 Å². The number of rotatable bonds is 5. The summed E-state index contributed by atoms with van der Waals surface area (Å²) in [5.74, 6) is 1.21. The number of hydrogen-bond acceptors (Lipinski definition) is 2. The minimum absolute atomic E-state index is 0.00420. The summed E-state index contributed by atoms with van der Waals surface area (Å²) in [5, 5.41) is 3.07. The number of carbonyl (C=O) groups excluding carboxylic acids is 1. The monoisotopic (exact) mass is 275 g/mol. The predicted molar refractivity (Wildman–Crippen MR) is 81.0 cm³/mol. The first-order valence-corrected chi connectivity index (χ1v) is 7.68. The summed E-state index contributed by atoms with van der Waals surface area (Å²) in [6, 6.07) is 8.28. The molecule has 2 rings (SSSR count). The Labute approximate surface area is 121 Å².